The van der Waals surface area contributed by atoms with Crippen molar-refractivity contribution in [3.05, 3.63) is 36.0 Å². The number of piperidine rings is 1. The van der Waals surface area contributed by atoms with Gasteiger partial charge in [0.2, 0.25) is 0 Å². The summed E-state index contributed by atoms with van der Waals surface area (Å²) in [7, 11) is 1.64. The molecule has 1 amide bonds. The third kappa shape index (κ3) is 3.41. The van der Waals surface area contributed by atoms with Crippen LogP contribution in [0.2, 0.25) is 0 Å². The molecule has 1 saturated heterocycles. The molecule has 1 aliphatic heterocycles. The minimum absolute atomic E-state index is 0.0282. The number of methoxy groups -OCH3 is 1. The lowest BCUT2D eigenvalue weighted by molar-refractivity contribution is -0.146. The number of para-hydroxylation sites is 1. The first-order chi connectivity index (χ1) is 11.2. The summed E-state index contributed by atoms with van der Waals surface area (Å²) in [4.78, 5) is 15.7. The summed E-state index contributed by atoms with van der Waals surface area (Å²) in [6.45, 7) is 2.34. The SMILES string of the molecule is COC1(C(=O)NCCCc2c[nH]c3ccccc23)CCNCC1. The summed E-state index contributed by atoms with van der Waals surface area (Å²) < 4.78 is 5.54. The van der Waals surface area contributed by atoms with E-state index in [2.05, 4.69) is 40.0 Å². The number of benzene rings is 1. The summed E-state index contributed by atoms with van der Waals surface area (Å²) in [6, 6.07) is 8.31. The Morgan fingerprint density at radius 3 is 2.87 bits per heavy atom. The Morgan fingerprint density at radius 2 is 2.09 bits per heavy atom. The quantitative estimate of drug-likeness (QED) is 0.714. The number of hydrogen-bond acceptors (Lipinski definition) is 3. The highest BCUT2D eigenvalue weighted by Crippen LogP contribution is 2.23. The first-order valence-corrected chi connectivity index (χ1v) is 8.34. The number of carbonyl (C=O) groups excluding carboxylic acids is 1. The molecule has 0 saturated carbocycles. The third-order valence-electron chi connectivity index (χ3n) is 4.80. The smallest absolute Gasteiger partial charge is 0.252 e. The number of aromatic amines is 1. The number of hydrogen-bond donors (Lipinski definition) is 3. The van der Waals surface area contributed by atoms with Crippen LogP contribution in [0.15, 0.2) is 30.5 Å². The maximum atomic E-state index is 12.5. The van der Waals surface area contributed by atoms with Crippen molar-refractivity contribution in [2.45, 2.75) is 31.3 Å². The number of fused-ring (bicyclic) bond motifs is 1. The molecule has 0 bridgehead atoms. The largest absolute Gasteiger partial charge is 0.368 e. The van der Waals surface area contributed by atoms with E-state index in [0.717, 1.165) is 38.8 Å². The minimum Gasteiger partial charge on any atom is -0.368 e. The van der Waals surface area contributed by atoms with E-state index >= 15 is 0 Å². The maximum absolute atomic E-state index is 12.5. The molecular weight excluding hydrogens is 290 g/mol. The molecule has 5 heteroatoms. The van der Waals surface area contributed by atoms with E-state index in [-0.39, 0.29) is 5.91 Å². The Hall–Kier alpha value is -1.85. The zero-order chi connectivity index (χ0) is 16.1. The molecular formula is C18H25N3O2. The van der Waals surface area contributed by atoms with Gasteiger partial charge in [0.1, 0.15) is 5.60 Å². The van der Waals surface area contributed by atoms with Gasteiger partial charge in [0.15, 0.2) is 0 Å². The second-order valence-corrected chi connectivity index (χ2v) is 6.17. The highest BCUT2D eigenvalue weighted by atomic mass is 16.5. The molecule has 5 nitrogen and oxygen atoms in total. The molecule has 0 atom stereocenters. The summed E-state index contributed by atoms with van der Waals surface area (Å²) >= 11 is 0. The van der Waals surface area contributed by atoms with Crippen molar-refractivity contribution in [2.24, 2.45) is 0 Å². The van der Waals surface area contributed by atoms with Crippen molar-refractivity contribution in [3.63, 3.8) is 0 Å². The zero-order valence-corrected chi connectivity index (χ0v) is 13.7. The van der Waals surface area contributed by atoms with Crippen LogP contribution in [0, 0.1) is 0 Å². The Balaban J connectivity index is 1.50. The maximum Gasteiger partial charge on any atom is 0.252 e. The van der Waals surface area contributed by atoms with Gasteiger partial charge in [-0.15, -0.1) is 0 Å². The fraction of sp³-hybridized carbons (Fsp3) is 0.500. The monoisotopic (exact) mass is 315 g/mol. The lowest BCUT2D eigenvalue weighted by Gasteiger charge is -2.34. The summed E-state index contributed by atoms with van der Waals surface area (Å²) in [6.07, 6.45) is 5.41. The molecule has 3 N–H and O–H groups in total. The Morgan fingerprint density at radius 1 is 1.30 bits per heavy atom. The standard InChI is InChI=1S/C18H25N3O2/c1-23-18(8-11-19-12-9-18)17(22)20-10-4-5-14-13-21-16-7-3-2-6-15(14)16/h2-3,6-7,13,19,21H,4-5,8-12H2,1H3,(H,20,22). The minimum atomic E-state index is -0.647. The van der Waals surface area contributed by atoms with E-state index in [4.69, 9.17) is 4.74 Å². The highest BCUT2D eigenvalue weighted by molar-refractivity contribution is 5.85. The van der Waals surface area contributed by atoms with E-state index in [0.29, 0.717) is 6.54 Å². The number of aromatic nitrogens is 1. The fourth-order valence-electron chi connectivity index (χ4n) is 3.33. The van der Waals surface area contributed by atoms with Crippen LogP contribution in [0.5, 0.6) is 0 Å². The van der Waals surface area contributed by atoms with Crippen LogP contribution in [0.25, 0.3) is 10.9 Å². The number of H-pyrrole nitrogens is 1. The first kappa shape index (κ1) is 16.0. The van der Waals surface area contributed by atoms with E-state index in [1.165, 1.54) is 16.5 Å². The van der Waals surface area contributed by atoms with Crippen LogP contribution in [0.3, 0.4) is 0 Å². The van der Waals surface area contributed by atoms with Gasteiger partial charge in [-0.1, -0.05) is 18.2 Å². The lowest BCUT2D eigenvalue weighted by Crippen LogP contribution is -2.54. The predicted molar refractivity (Wildman–Crippen MR) is 91.5 cm³/mol. The molecule has 1 aromatic carbocycles. The molecule has 1 fully saturated rings. The van der Waals surface area contributed by atoms with Crippen molar-refractivity contribution in [1.82, 2.24) is 15.6 Å². The van der Waals surface area contributed by atoms with Crippen molar-refractivity contribution in [3.8, 4) is 0 Å². The van der Waals surface area contributed by atoms with Gasteiger partial charge in [-0.3, -0.25) is 4.79 Å². The molecule has 1 aliphatic rings. The molecule has 124 valence electrons. The molecule has 23 heavy (non-hydrogen) atoms. The molecule has 0 spiro atoms. The number of amides is 1. The van der Waals surface area contributed by atoms with Crippen LogP contribution in [0.1, 0.15) is 24.8 Å². The Bertz CT molecular complexity index is 659. The van der Waals surface area contributed by atoms with Crippen LogP contribution >= 0.6 is 0 Å². The average molecular weight is 315 g/mol. The lowest BCUT2D eigenvalue weighted by atomic mass is 9.91. The number of aryl methyl sites for hydroxylation is 1. The van der Waals surface area contributed by atoms with E-state index < -0.39 is 5.60 Å². The van der Waals surface area contributed by atoms with Gasteiger partial charge in [-0.2, -0.15) is 0 Å². The van der Waals surface area contributed by atoms with Crippen molar-refractivity contribution >= 4 is 16.8 Å². The van der Waals surface area contributed by atoms with Crippen molar-refractivity contribution < 1.29 is 9.53 Å². The molecule has 0 radical (unpaired) electrons. The van der Waals surface area contributed by atoms with Gasteiger partial charge >= 0.3 is 0 Å². The molecule has 0 unspecified atom stereocenters. The number of nitrogens with one attached hydrogen (secondary N) is 3. The van der Waals surface area contributed by atoms with Gasteiger partial charge < -0.3 is 20.4 Å². The van der Waals surface area contributed by atoms with Gasteiger partial charge in [0.25, 0.3) is 5.91 Å². The third-order valence-corrected chi connectivity index (χ3v) is 4.80. The molecule has 2 heterocycles. The second-order valence-electron chi connectivity index (χ2n) is 6.17. The molecule has 3 rings (SSSR count). The number of carbonyl (C=O) groups is 1. The first-order valence-electron chi connectivity index (χ1n) is 8.34. The summed E-state index contributed by atoms with van der Waals surface area (Å²) in [5, 5.41) is 7.59. The second kappa shape index (κ2) is 7.15. The Kier molecular flexibility index (Phi) is 4.98. The molecule has 0 aliphatic carbocycles. The average Bonchev–Trinajstić information content (AvgIpc) is 3.02. The van der Waals surface area contributed by atoms with Crippen LogP contribution in [0.4, 0.5) is 0 Å². The van der Waals surface area contributed by atoms with Crippen molar-refractivity contribution in [1.29, 1.82) is 0 Å². The van der Waals surface area contributed by atoms with Crippen LogP contribution < -0.4 is 10.6 Å². The predicted octanol–water partition coefficient (Wildman–Crippen LogP) is 1.99. The highest BCUT2D eigenvalue weighted by Gasteiger charge is 2.39. The molecule has 1 aromatic heterocycles. The number of rotatable bonds is 6. The zero-order valence-electron chi connectivity index (χ0n) is 13.7. The summed E-state index contributed by atoms with van der Waals surface area (Å²) in [5.74, 6) is 0.0282. The van der Waals surface area contributed by atoms with E-state index in [9.17, 15) is 4.79 Å². The van der Waals surface area contributed by atoms with E-state index in [1.54, 1.807) is 7.11 Å². The van der Waals surface area contributed by atoms with E-state index in [1.807, 2.05) is 6.07 Å². The van der Waals surface area contributed by atoms with Gasteiger partial charge in [0.05, 0.1) is 0 Å². The van der Waals surface area contributed by atoms with Crippen molar-refractivity contribution in [2.75, 3.05) is 26.7 Å². The normalized spacial score (nSPS) is 17.3. The Labute approximate surface area is 136 Å². The molecule has 2 aromatic rings. The fourth-order valence-corrected chi connectivity index (χ4v) is 3.33. The van der Waals surface area contributed by atoms with Crippen LogP contribution in [-0.4, -0.2) is 43.2 Å². The summed E-state index contributed by atoms with van der Waals surface area (Å²) in [5.41, 5.74) is 1.82. The van der Waals surface area contributed by atoms with Crippen LogP contribution in [-0.2, 0) is 16.0 Å². The topological polar surface area (TPSA) is 66.1 Å². The van der Waals surface area contributed by atoms with Gasteiger partial charge in [-0.05, 0) is 50.4 Å². The number of ether oxygens (including phenoxy) is 1. The van der Waals surface area contributed by atoms with Gasteiger partial charge in [-0.25, -0.2) is 0 Å². The van der Waals surface area contributed by atoms with Gasteiger partial charge in [0, 0.05) is 30.8 Å².